The number of ether oxygens (including phenoxy) is 5. The van der Waals surface area contributed by atoms with Crippen LogP contribution in [0.15, 0.2) is 60.7 Å². The number of rotatable bonds is 5. The second-order valence-corrected chi connectivity index (χ2v) is 12.6. The predicted octanol–water partition coefficient (Wildman–Crippen LogP) is 5.22. The number of phenolic OH excluding ortho intramolecular Hbond substituents is 2. The first-order valence-electron chi connectivity index (χ1n) is 16.8. The molecule has 0 radical (unpaired) electrons. The van der Waals surface area contributed by atoms with Crippen LogP contribution in [0, 0.1) is 18.6 Å². The minimum Gasteiger partial charge on any atom is -0.505 e. The van der Waals surface area contributed by atoms with Gasteiger partial charge in [-0.1, -0.05) is 12.1 Å². The fourth-order valence-electron chi connectivity index (χ4n) is 6.67. The van der Waals surface area contributed by atoms with Crippen LogP contribution in [0.25, 0.3) is 0 Å². The van der Waals surface area contributed by atoms with Crippen molar-refractivity contribution >= 4 is 23.3 Å². The molecule has 6 rings (SSSR count). The van der Waals surface area contributed by atoms with Crippen molar-refractivity contribution in [2.45, 2.75) is 19.3 Å². The van der Waals surface area contributed by atoms with E-state index in [0.29, 0.717) is 57.2 Å². The Morgan fingerprint density at radius 2 is 1.23 bits per heavy atom. The molecular weight excluding hydrogens is 678 g/mol. The third-order valence-electron chi connectivity index (χ3n) is 9.24. The van der Waals surface area contributed by atoms with E-state index in [-0.39, 0.29) is 52.5 Å². The largest absolute Gasteiger partial charge is 0.505 e. The molecule has 0 fully saturated rings. The second-order valence-electron chi connectivity index (χ2n) is 12.6. The van der Waals surface area contributed by atoms with E-state index < -0.39 is 41.0 Å². The topological polar surface area (TPSA) is 127 Å². The van der Waals surface area contributed by atoms with Crippen LogP contribution in [0.4, 0.5) is 20.2 Å². The van der Waals surface area contributed by atoms with Crippen molar-refractivity contribution in [1.29, 1.82) is 0 Å². The van der Waals surface area contributed by atoms with Gasteiger partial charge in [-0.3, -0.25) is 9.59 Å². The maximum absolute atomic E-state index is 14.9. The van der Waals surface area contributed by atoms with Gasteiger partial charge in [-0.15, -0.1) is 0 Å². The Morgan fingerprint density at radius 3 is 1.75 bits per heavy atom. The monoisotopic (exact) mass is 718 g/mol. The average Bonchev–Trinajstić information content (AvgIpc) is 3.12. The second kappa shape index (κ2) is 15.8. The van der Waals surface area contributed by atoms with Gasteiger partial charge in [0.05, 0.1) is 38.8 Å². The minimum atomic E-state index is -0.820. The quantitative estimate of drug-likeness (QED) is 0.233. The van der Waals surface area contributed by atoms with Crippen LogP contribution in [0.1, 0.15) is 39.3 Å². The van der Waals surface area contributed by atoms with Gasteiger partial charge in [-0.25, -0.2) is 8.78 Å². The summed E-state index contributed by atoms with van der Waals surface area (Å²) in [4.78, 5) is 28.5. The molecule has 2 N–H and O–H groups in total. The van der Waals surface area contributed by atoms with Crippen molar-refractivity contribution in [2.24, 2.45) is 0 Å². The number of benzene rings is 4. The highest BCUT2D eigenvalue weighted by molar-refractivity contribution is 5.78. The molecule has 0 atom stereocenters. The van der Waals surface area contributed by atoms with Crippen molar-refractivity contribution in [3.8, 4) is 23.0 Å². The number of esters is 2. The molecule has 0 amide bonds. The van der Waals surface area contributed by atoms with Gasteiger partial charge in [0.15, 0.2) is 23.1 Å². The predicted molar refractivity (Wildman–Crippen MR) is 188 cm³/mol. The zero-order valence-electron chi connectivity index (χ0n) is 29.1. The van der Waals surface area contributed by atoms with Gasteiger partial charge in [-0.2, -0.15) is 0 Å². The van der Waals surface area contributed by atoms with Crippen LogP contribution in [0.2, 0.25) is 0 Å². The Bertz CT molecular complexity index is 1910. The summed E-state index contributed by atoms with van der Waals surface area (Å²) in [6, 6.07) is 16.2. The third kappa shape index (κ3) is 7.84. The molecule has 0 unspecified atom stereocenters. The zero-order valence-corrected chi connectivity index (χ0v) is 29.1. The smallest absolute Gasteiger partial charge is 0.325 e. The van der Waals surface area contributed by atoms with E-state index in [0.717, 1.165) is 5.56 Å². The number of aromatic hydroxyl groups is 2. The molecule has 274 valence electrons. The fraction of sp³-hybridized carbons (Fsp3) is 0.333. The van der Waals surface area contributed by atoms with Crippen LogP contribution in [0.3, 0.4) is 0 Å². The minimum absolute atomic E-state index is 0.0288. The van der Waals surface area contributed by atoms with Gasteiger partial charge in [0.25, 0.3) is 0 Å². The van der Waals surface area contributed by atoms with E-state index >= 15 is 0 Å². The molecule has 0 bridgehead atoms. The summed E-state index contributed by atoms with van der Waals surface area (Å²) in [5.74, 6) is -3.38. The Hall–Kier alpha value is -5.56. The standard InChI is InChI=1S/C39H40F2N2O9/c1-23-4-6-31-35(14-23)51-12-13-52-36-18-24(39-27-19-29(40)33(44)16-25(27)15-26-17-34(45)30(41)20-28(26)39)5-7-32(36)43(22-38(47)49-3)9-11-50-10-8-42(31)21-37(46)48-2/h4-7,14,16-20,39,44-45H,8-13,15,21-22H2,1-3H3. The van der Waals surface area contributed by atoms with Gasteiger partial charge < -0.3 is 43.7 Å². The normalized spacial score (nSPS) is 15.0. The summed E-state index contributed by atoms with van der Waals surface area (Å²) < 4.78 is 58.3. The number of nitrogens with zero attached hydrogens (tertiary/aromatic N) is 2. The molecule has 0 saturated heterocycles. The average molecular weight is 719 g/mol. The van der Waals surface area contributed by atoms with Gasteiger partial charge in [-0.05, 0) is 95.3 Å². The highest BCUT2D eigenvalue weighted by Crippen LogP contribution is 2.46. The Labute approximate surface area is 299 Å². The summed E-state index contributed by atoms with van der Waals surface area (Å²) in [7, 11) is 2.62. The van der Waals surface area contributed by atoms with Gasteiger partial charge in [0, 0.05) is 19.0 Å². The van der Waals surface area contributed by atoms with Crippen molar-refractivity contribution in [3.63, 3.8) is 0 Å². The molecule has 4 aromatic carbocycles. The van der Waals surface area contributed by atoms with E-state index in [1.807, 2.05) is 30.0 Å². The Morgan fingerprint density at radius 1 is 0.731 bits per heavy atom. The fourth-order valence-corrected chi connectivity index (χ4v) is 6.67. The SMILES string of the molecule is COC(=O)CN1CCOCCN(CC(=O)OC)c2ccc(C3c4cc(F)c(O)cc4Cc4cc(O)c(F)cc43)cc2OCCOc2cc(C)ccc21. The summed E-state index contributed by atoms with van der Waals surface area (Å²) in [5.41, 5.74) is 5.07. The lowest BCUT2D eigenvalue weighted by Crippen LogP contribution is -2.36. The van der Waals surface area contributed by atoms with Crippen molar-refractivity contribution in [1.82, 2.24) is 0 Å². The number of fused-ring (bicyclic) bond motifs is 4. The molecule has 52 heavy (non-hydrogen) atoms. The highest BCUT2D eigenvalue weighted by Gasteiger charge is 2.31. The van der Waals surface area contributed by atoms with Crippen molar-refractivity contribution in [2.75, 3.05) is 76.6 Å². The number of carbonyl (C=O) groups is 2. The summed E-state index contributed by atoms with van der Waals surface area (Å²) >= 11 is 0. The number of carbonyl (C=O) groups excluding carboxylic acids is 2. The summed E-state index contributed by atoms with van der Waals surface area (Å²) in [5, 5.41) is 20.4. The highest BCUT2D eigenvalue weighted by atomic mass is 19.1. The van der Waals surface area contributed by atoms with Crippen LogP contribution >= 0.6 is 0 Å². The molecule has 0 aromatic heterocycles. The van der Waals surface area contributed by atoms with Crippen LogP contribution in [-0.4, -0.2) is 89.0 Å². The first-order chi connectivity index (χ1) is 25.1. The lowest BCUT2D eigenvalue weighted by molar-refractivity contribution is -0.139. The molecule has 0 saturated carbocycles. The number of hydrogen-bond acceptors (Lipinski definition) is 11. The Kier molecular flexibility index (Phi) is 11.0. The molecule has 2 aliphatic rings. The first kappa shape index (κ1) is 36.2. The van der Waals surface area contributed by atoms with Crippen LogP contribution in [0.5, 0.6) is 23.0 Å². The maximum Gasteiger partial charge on any atom is 0.325 e. The number of aryl methyl sites for hydroxylation is 1. The molecule has 11 nitrogen and oxygen atoms in total. The van der Waals surface area contributed by atoms with Gasteiger partial charge in [0.2, 0.25) is 0 Å². The number of methoxy groups -OCH3 is 2. The van der Waals surface area contributed by atoms with E-state index in [4.69, 9.17) is 23.7 Å². The Balaban J connectivity index is 1.41. The van der Waals surface area contributed by atoms with E-state index in [1.165, 1.54) is 38.5 Å². The van der Waals surface area contributed by atoms with E-state index in [9.17, 15) is 28.6 Å². The molecule has 1 heterocycles. The van der Waals surface area contributed by atoms with Crippen molar-refractivity contribution < 1.29 is 52.3 Å². The van der Waals surface area contributed by atoms with Gasteiger partial charge >= 0.3 is 11.9 Å². The van der Waals surface area contributed by atoms with Crippen LogP contribution < -0.4 is 19.3 Å². The zero-order chi connectivity index (χ0) is 36.9. The number of phenols is 2. The molecule has 0 spiro atoms. The molecule has 1 aliphatic heterocycles. The number of anilines is 2. The molecular formula is C39H40F2N2O9. The summed E-state index contributed by atoms with van der Waals surface area (Å²) in [6.07, 6.45) is 0.243. The maximum atomic E-state index is 14.9. The van der Waals surface area contributed by atoms with Crippen molar-refractivity contribution in [3.05, 3.63) is 106 Å². The summed E-state index contributed by atoms with van der Waals surface area (Å²) in [6.45, 7) is 3.00. The lowest BCUT2D eigenvalue weighted by atomic mass is 9.74. The molecule has 4 aromatic rings. The van der Waals surface area contributed by atoms with E-state index in [2.05, 4.69) is 0 Å². The number of halogens is 2. The molecule has 1 aliphatic carbocycles. The third-order valence-corrected chi connectivity index (χ3v) is 9.24. The lowest BCUT2D eigenvalue weighted by Gasteiger charge is -2.31. The first-order valence-corrected chi connectivity index (χ1v) is 16.8. The van der Waals surface area contributed by atoms with Crippen LogP contribution in [-0.2, 0) is 30.2 Å². The molecule has 13 heteroatoms. The number of hydrogen-bond donors (Lipinski definition) is 2. The van der Waals surface area contributed by atoms with Gasteiger partial charge in [0.1, 0.15) is 37.8 Å². The van der Waals surface area contributed by atoms with E-state index in [1.54, 1.807) is 23.1 Å².